The minimum absolute atomic E-state index is 0.952. The van der Waals surface area contributed by atoms with Crippen molar-refractivity contribution in [1.29, 1.82) is 0 Å². The summed E-state index contributed by atoms with van der Waals surface area (Å²) in [5.41, 5.74) is 0. The van der Waals surface area contributed by atoms with E-state index in [1.165, 1.54) is 6.08 Å². The number of ether oxygens (including phenoxy) is 1. The standard InChI is InChI=1S/C8H5Cl9O2/c1-2-3-4(18)19-8(16,17)6(11,12)5(9,10)7(13,14)15/h2-3H,1H3/b3-2+. The normalized spacial score (nSPS) is 14.8. The number of rotatable bonds is 4. The van der Waals surface area contributed by atoms with Gasteiger partial charge in [-0.2, -0.15) is 0 Å². The van der Waals surface area contributed by atoms with E-state index in [1.54, 1.807) is 6.92 Å². The van der Waals surface area contributed by atoms with Crippen molar-refractivity contribution < 1.29 is 9.53 Å². The first-order valence-electron chi connectivity index (χ1n) is 4.26. The van der Waals surface area contributed by atoms with Gasteiger partial charge < -0.3 is 4.74 Å². The lowest BCUT2D eigenvalue weighted by Crippen LogP contribution is -2.57. The fourth-order valence-corrected chi connectivity index (χ4v) is 2.69. The van der Waals surface area contributed by atoms with Crippen molar-refractivity contribution in [2.45, 2.75) is 23.9 Å². The van der Waals surface area contributed by atoms with Gasteiger partial charge >= 0.3 is 5.97 Å². The summed E-state index contributed by atoms with van der Waals surface area (Å²) in [5, 5.41) is 0. The molecule has 0 saturated heterocycles. The zero-order chi connectivity index (χ0) is 15.7. The Balaban J connectivity index is 5.45. The molecule has 0 aromatic heterocycles. The minimum Gasteiger partial charge on any atom is -0.422 e. The first-order valence-corrected chi connectivity index (χ1v) is 7.66. The highest BCUT2D eigenvalue weighted by Gasteiger charge is 2.70. The summed E-state index contributed by atoms with van der Waals surface area (Å²) >= 11 is 51.3. The summed E-state index contributed by atoms with van der Waals surface area (Å²) in [5.74, 6) is -0.952. The molecule has 0 fully saturated rings. The largest absolute Gasteiger partial charge is 0.422 e. The Morgan fingerprint density at radius 1 is 0.895 bits per heavy atom. The Labute approximate surface area is 155 Å². The van der Waals surface area contributed by atoms with Crippen molar-refractivity contribution >= 4 is 110 Å². The molecule has 0 aliphatic rings. The monoisotopic (exact) mass is 448 g/mol. The van der Waals surface area contributed by atoms with Crippen molar-refractivity contribution in [3.63, 3.8) is 0 Å². The number of hydrogen-bond donors (Lipinski definition) is 0. The Kier molecular flexibility index (Phi) is 7.60. The van der Waals surface area contributed by atoms with E-state index in [-0.39, 0.29) is 0 Å². The van der Waals surface area contributed by atoms with E-state index < -0.39 is 22.9 Å². The number of carbonyl (C=O) groups is 1. The van der Waals surface area contributed by atoms with E-state index in [1.807, 2.05) is 0 Å². The van der Waals surface area contributed by atoms with Crippen LogP contribution in [0.4, 0.5) is 0 Å². The molecule has 0 spiro atoms. The highest BCUT2D eigenvalue weighted by molar-refractivity contribution is 6.80. The summed E-state index contributed by atoms with van der Waals surface area (Å²) in [4.78, 5) is 11.3. The van der Waals surface area contributed by atoms with Crippen LogP contribution in [0.15, 0.2) is 12.2 Å². The first-order chi connectivity index (χ1) is 8.20. The topological polar surface area (TPSA) is 26.3 Å². The van der Waals surface area contributed by atoms with Crippen molar-refractivity contribution in [2.75, 3.05) is 0 Å². The van der Waals surface area contributed by atoms with Crippen molar-refractivity contribution in [3.05, 3.63) is 12.2 Å². The second-order valence-electron chi connectivity index (χ2n) is 3.08. The molecule has 0 aromatic carbocycles. The maximum Gasteiger partial charge on any atom is 0.333 e. The number of hydrogen-bond acceptors (Lipinski definition) is 2. The van der Waals surface area contributed by atoms with Crippen molar-refractivity contribution in [2.24, 2.45) is 0 Å². The van der Waals surface area contributed by atoms with Crippen LogP contribution in [0.3, 0.4) is 0 Å². The molecule has 19 heavy (non-hydrogen) atoms. The summed E-state index contributed by atoms with van der Waals surface area (Å²) in [7, 11) is 0. The average Bonchev–Trinajstić information content (AvgIpc) is 2.14. The molecule has 0 bridgehead atoms. The third kappa shape index (κ3) is 4.64. The molecule has 0 amide bonds. The molecule has 11 heteroatoms. The van der Waals surface area contributed by atoms with E-state index >= 15 is 0 Å². The third-order valence-electron chi connectivity index (χ3n) is 1.65. The van der Waals surface area contributed by atoms with Gasteiger partial charge in [0.1, 0.15) is 0 Å². The number of allylic oxidation sites excluding steroid dienone is 1. The molecule has 0 unspecified atom stereocenters. The van der Waals surface area contributed by atoms with Gasteiger partial charge in [-0.15, -0.1) is 0 Å². The maximum atomic E-state index is 11.3. The number of esters is 1. The second kappa shape index (κ2) is 6.93. The van der Waals surface area contributed by atoms with Gasteiger partial charge in [0, 0.05) is 6.08 Å². The Morgan fingerprint density at radius 3 is 1.63 bits per heavy atom. The molecule has 0 rings (SSSR count). The first kappa shape index (κ1) is 20.8. The number of halogens is 9. The molecular weight excluding hydrogens is 447 g/mol. The predicted molar refractivity (Wildman–Crippen MR) is 84.5 cm³/mol. The lowest BCUT2D eigenvalue weighted by atomic mass is 10.3. The Bertz CT molecular complexity index is 369. The van der Waals surface area contributed by atoms with Gasteiger partial charge in [-0.1, -0.05) is 110 Å². The molecular formula is C8H5Cl9O2. The molecule has 0 atom stereocenters. The van der Waals surface area contributed by atoms with Gasteiger partial charge in [0.25, 0.3) is 4.52 Å². The van der Waals surface area contributed by atoms with Crippen LogP contribution in [0.2, 0.25) is 0 Å². The summed E-state index contributed by atoms with van der Waals surface area (Å²) in [6, 6.07) is 0. The smallest absolute Gasteiger partial charge is 0.333 e. The van der Waals surface area contributed by atoms with E-state index in [0.717, 1.165) is 6.08 Å². The third-order valence-corrected chi connectivity index (χ3v) is 6.81. The molecule has 0 aliphatic carbocycles. The van der Waals surface area contributed by atoms with Gasteiger partial charge in [-0.25, -0.2) is 4.79 Å². The van der Waals surface area contributed by atoms with Gasteiger partial charge in [-0.3, -0.25) is 0 Å². The molecule has 0 heterocycles. The maximum absolute atomic E-state index is 11.3. The van der Waals surface area contributed by atoms with Crippen molar-refractivity contribution in [1.82, 2.24) is 0 Å². The summed E-state index contributed by atoms with van der Waals surface area (Å²) in [6.45, 7) is 1.55. The minimum atomic E-state index is -2.58. The lowest BCUT2D eigenvalue weighted by Gasteiger charge is -2.42. The predicted octanol–water partition coefficient (Wildman–Crippen LogP) is 5.96. The van der Waals surface area contributed by atoms with Gasteiger partial charge in [0.05, 0.1) is 0 Å². The fraction of sp³-hybridized carbons (Fsp3) is 0.625. The van der Waals surface area contributed by atoms with Gasteiger partial charge in [0.15, 0.2) is 0 Å². The SMILES string of the molecule is C/C=C/C(=O)OC(Cl)(Cl)C(Cl)(Cl)C(Cl)(Cl)C(Cl)(Cl)Cl. The molecule has 0 aliphatic heterocycles. The van der Waals surface area contributed by atoms with E-state index in [2.05, 4.69) is 4.74 Å². The quantitative estimate of drug-likeness (QED) is 0.299. The van der Waals surface area contributed by atoms with Crippen LogP contribution in [0.1, 0.15) is 6.92 Å². The van der Waals surface area contributed by atoms with Crippen LogP contribution < -0.4 is 0 Å². The summed E-state index contributed by atoms with van der Waals surface area (Å²) in [6.07, 6.45) is 2.36. The lowest BCUT2D eigenvalue weighted by molar-refractivity contribution is -0.142. The van der Waals surface area contributed by atoms with Crippen LogP contribution in [0.25, 0.3) is 0 Å². The molecule has 0 aromatic rings. The molecule has 0 saturated carbocycles. The highest BCUT2D eigenvalue weighted by atomic mass is 35.6. The molecule has 2 nitrogen and oxygen atoms in total. The van der Waals surface area contributed by atoms with Crippen LogP contribution in [0, 0.1) is 0 Å². The Morgan fingerprint density at radius 2 is 1.32 bits per heavy atom. The van der Waals surface area contributed by atoms with Crippen LogP contribution in [0.5, 0.6) is 0 Å². The number of alkyl halides is 9. The van der Waals surface area contributed by atoms with Gasteiger partial charge in [0.2, 0.25) is 12.5 Å². The Hall–Kier alpha value is 1.82. The second-order valence-corrected chi connectivity index (χ2v) is 9.28. The van der Waals surface area contributed by atoms with E-state index in [4.69, 9.17) is 104 Å². The molecule has 112 valence electrons. The van der Waals surface area contributed by atoms with E-state index in [0.29, 0.717) is 0 Å². The zero-order valence-corrected chi connectivity index (χ0v) is 15.7. The zero-order valence-electron chi connectivity index (χ0n) is 8.87. The van der Waals surface area contributed by atoms with Crippen LogP contribution >= 0.6 is 104 Å². The van der Waals surface area contributed by atoms with Crippen LogP contribution in [-0.4, -0.2) is 22.9 Å². The van der Waals surface area contributed by atoms with Crippen LogP contribution in [-0.2, 0) is 9.53 Å². The summed E-state index contributed by atoms with van der Waals surface area (Å²) < 4.78 is -5.39. The fourth-order valence-electron chi connectivity index (χ4n) is 0.721. The molecule has 0 N–H and O–H groups in total. The average molecular weight is 452 g/mol. The number of carbonyl (C=O) groups excluding carboxylic acids is 1. The van der Waals surface area contributed by atoms with E-state index in [9.17, 15) is 4.79 Å². The van der Waals surface area contributed by atoms with Gasteiger partial charge in [-0.05, 0) is 6.92 Å². The molecule has 0 radical (unpaired) electrons. The highest BCUT2D eigenvalue weighted by Crippen LogP contribution is 2.62. The van der Waals surface area contributed by atoms with Crippen molar-refractivity contribution in [3.8, 4) is 0 Å².